The SMILES string of the molecule is CC.CC.CC.Cc1ccc(Cc2ccc(Cc3ccc(C)o3)cc2)cc1. The molecule has 0 saturated carbocycles. The van der Waals surface area contributed by atoms with E-state index in [2.05, 4.69) is 61.5 Å². The molecule has 1 nitrogen and oxygen atoms in total. The van der Waals surface area contributed by atoms with Crippen LogP contribution in [0.5, 0.6) is 0 Å². The van der Waals surface area contributed by atoms with Crippen LogP contribution in [-0.4, -0.2) is 0 Å². The molecular weight excluding hydrogens is 328 g/mol. The second-order valence-electron chi connectivity index (χ2n) is 5.67. The van der Waals surface area contributed by atoms with Crippen LogP contribution in [-0.2, 0) is 12.8 Å². The van der Waals surface area contributed by atoms with Crippen molar-refractivity contribution in [1.29, 1.82) is 0 Å². The highest BCUT2D eigenvalue weighted by atomic mass is 16.3. The lowest BCUT2D eigenvalue weighted by Gasteiger charge is -2.04. The van der Waals surface area contributed by atoms with E-state index in [1.165, 1.54) is 22.3 Å². The van der Waals surface area contributed by atoms with Crippen molar-refractivity contribution in [2.24, 2.45) is 0 Å². The summed E-state index contributed by atoms with van der Waals surface area (Å²) >= 11 is 0. The molecule has 0 fully saturated rings. The number of hydrogen-bond acceptors (Lipinski definition) is 1. The third-order valence-corrected chi connectivity index (χ3v) is 3.73. The van der Waals surface area contributed by atoms with Crippen molar-refractivity contribution in [1.82, 2.24) is 0 Å². The van der Waals surface area contributed by atoms with E-state index >= 15 is 0 Å². The summed E-state index contributed by atoms with van der Waals surface area (Å²) in [5.41, 5.74) is 5.30. The van der Waals surface area contributed by atoms with E-state index in [0.29, 0.717) is 0 Å². The van der Waals surface area contributed by atoms with Gasteiger partial charge in [-0.2, -0.15) is 0 Å². The van der Waals surface area contributed by atoms with Crippen LogP contribution in [0, 0.1) is 13.8 Å². The monoisotopic (exact) mass is 366 g/mol. The van der Waals surface area contributed by atoms with Crippen molar-refractivity contribution < 1.29 is 4.42 Å². The second kappa shape index (κ2) is 14.8. The number of rotatable bonds is 4. The molecule has 0 atom stereocenters. The summed E-state index contributed by atoms with van der Waals surface area (Å²) in [7, 11) is 0. The van der Waals surface area contributed by atoms with Crippen molar-refractivity contribution in [2.45, 2.75) is 68.2 Å². The zero-order chi connectivity index (χ0) is 20.7. The highest BCUT2D eigenvalue weighted by molar-refractivity contribution is 5.31. The molecule has 0 aliphatic rings. The standard InChI is InChI=1S/C20H20O.3C2H6/c1-15-3-6-17(7-4-15)13-18-8-10-19(11-9-18)14-20-12-5-16(2)21-20;3*1-2/h3-12H,13-14H2,1-2H3;3*1-2H3. The predicted octanol–water partition coefficient (Wildman–Crippen LogP) is 8.16. The highest BCUT2D eigenvalue weighted by Crippen LogP contribution is 2.15. The molecule has 1 aromatic heterocycles. The molecule has 0 saturated heterocycles. The summed E-state index contributed by atoms with van der Waals surface area (Å²) in [6.45, 7) is 16.1. The van der Waals surface area contributed by atoms with Gasteiger partial charge in [0.2, 0.25) is 0 Å². The molecule has 148 valence electrons. The van der Waals surface area contributed by atoms with Gasteiger partial charge in [-0.25, -0.2) is 0 Å². The van der Waals surface area contributed by atoms with Gasteiger partial charge >= 0.3 is 0 Å². The Hall–Kier alpha value is -2.28. The minimum absolute atomic E-state index is 0.860. The zero-order valence-electron chi connectivity index (χ0n) is 18.6. The Balaban J connectivity index is 0.00000103. The number of aryl methyl sites for hydroxylation is 2. The summed E-state index contributed by atoms with van der Waals surface area (Å²) in [6, 6.07) is 21.6. The summed E-state index contributed by atoms with van der Waals surface area (Å²) < 4.78 is 5.62. The fourth-order valence-electron chi connectivity index (χ4n) is 2.50. The fourth-order valence-corrected chi connectivity index (χ4v) is 2.50. The maximum atomic E-state index is 5.62. The van der Waals surface area contributed by atoms with Gasteiger partial charge in [0, 0.05) is 6.42 Å². The van der Waals surface area contributed by atoms with Crippen molar-refractivity contribution in [3.05, 3.63) is 94.4 Å². The molecule has 2 aromatic carbocycles. The van der Waals surface area contributed by atoms with Crippen molar-refractivity contribution >= 4 is 0 Å². The topological polar surface area (TPSA) is 13.1 Å². The third kappa shape index (κ3) is 9.28. The molecule has 0 radical (unpaired) electrons. The summed E-state index contributed by atoms with van der Waals surface area (Å²) in [6.07, 6.45) is 1.85. The Morgan fingerprint density at radius 2 is 0.926 bits per heavy atom. The number of benzene rings is 2. The molecule has 0 amide bonds. The lowest BCUT2D eigenvalue weighted by molar-refractivity contribution is 0.493. The fraction of sp³-hybridized carbons (Fsp3) is 0.385. The lowest BCUT2D eigenvalue weighted by atomic mass is 10.0. The van der Waals surface area contributed by atoms with E-state index in [1.807, 2.05) is 54.5 Å². The molecule has 3 aromatic rings. The van der Waals surface area contributed by atoms with Crippen LogP contribution in [0.15, 0.2) is 65.1 Å². The van der Waals surface area contributed by atoms with Crippen LogP contribution >= 0.6 is 0 Å². The van der Waals surface area contributed by atoms with Gasteiger partial charge < -0.3 is 4.42 Å². The van der Waals surface area contributed by atoms with Gasteiger partial charge in [-0.3, -0.25) is 0 Å². The van der Waals surface area contributed by atoms with Crippen LogP contribution in [0.1, 0.15) is 75.3 Å². The van der Waals surface area contributed by atoms with Gasteiger partial charge in [0.15, 0.2) is 0 Å². The Labute approximate surface area is 167 Å². The van der Waals surface area contributed by atoms with E-state index in [-0.39, 0.29) is 0 Å². The first-order valence-electron chi connectivity index (χ1n) is 10.4. The molecule has 1 heteroatoms. The molecule has 0 unspecified atom stereocenters. The third-order valence-electron chi connectivity index (χ3n) is 3.73. The maximum Gasteiger partial charge on any atom is 0.108 e. The first-order chi connectivity index (χ1) is 13.2. The molecule has 1 heterocycles. The Morgan fingerprint density at radius 1 is 0.519 bits per heavy atom. The summed E-state index contributed by atoms with van der Waals surface area (Å²) in [5, 5.41) is 0. The molecule has 0 bridgehead atoms. The van der Waals surface area contributed by atoms with Crippen molar-refractivity contribution in [2.75, 3.05) is 0 Å². The van der Waals surface area contributed by atoms with Gasteiger partial charge in [0.1, 0.15) is 11.5 Å². The normalized spacial score (nSPS) is 9.04. The van der Waals surface area contributed by atoms with Crippen LogP contribution in [0.3, 0.4) is 0 Å². The van der Waals surface area contributed by atoms with E-state index in [1.54, 1.807) is 0 Å². The molecule has 0 spiro atoms. The van der Waals surface area contributed by atoms with Gasteiger partial charge in [0.05, 0.1) is 0 Å². The molecule has 0 N–H and O–H groups in total. The van der Waals surface area contributed by atoms with Crippen LogP contribution in [0.2, 0.25) is 0 Å². The van der Waals surface area contributed by atoms with Gasteiger partial charge in [-0.1, -0.05) is 95.6 Å². The Morgan fingerprint density at radius 3 is 1.33 bits per heavy atom. The van der Waals surface area contributed by atoms with Crippen molar-refractivity contribution in [3.63, 3.8) is 0 Å². The minimum Gasteiger partial charge on any atom is -0.466 e. The van der Waals surface area contributed by atoms with Crippen LogP contribution < -0.4 is 0 Å². The average Bonchev–Trinajstić information content (AvgIpc) is 3.14. The maximum absolute atomic E-state index is 5.62. The minimum atomic E-state index is 0.860. The van der Waals surface area contributed by atoms with Crippen molar-refractivity contribution in [3.8, 4) is 0 Å². The van der Waals surface area contributed by atoms with E-state index in [9.17, 15) is 0 Å². The Kier molecular flexibility index (Phi) is 13.6. The quantitative estimate of drug-likeness (QED) is 0.454. The average molecular weight is 367 g/mol. The van der Waals surface area contributed by atoms with E-state index < -0.39 is 0 Å². The Bertz CT molecular complexity index is 703. The molecule has 0 aliphatic carbocycles. The van der Waals surface area contributed by atoms with Gasteiger partial charge in [-0.15, -0.1) is 0 Å². The number of hydrogen-bond donors (Lipinski definition) is 0. The van der Waals surface area contributed by atoms with Crippen LogP contribution in [0.4, 0.5) is 0 Å². The summed E-state index contributed by atoms with van der Waals surface area (Å²) in [4.78, 5) is 0. The molecule has 27 heavy (non-hydrogen) atoms. The van der Waals surface area contributed by atoms with Crippen LogP contribution in [0.25, 0.3) is 0 Å². The lowest BCUT2D eigenvalue weighted by Crippen LogP contribution is -1.90. The summed E-state index contributed by atoms with van der Waals surface area (Å²) in [5.74, 6) is 2.00. The molecular formula is C26H38O. The van der Waals surface area contributed by atoms with Gasteiger partial charge in [-0.05, 0) is 49.1 Å². The zero-order valence-corrected chi connectivity index (χ0v) is 18.6. The smallest absolute Gasteiger partial charge is 0.108 e. The first-order valence-corrected chi connectivity index (χ1v) is 10.4. The largest absolute Gasteiger partial charge is 0.466 e. The van der Waals surface area contributed by atoms with E-state index in [4.69, 9.17) is 4.42 Å². The molecule has 0 aliphatic heterocycles. The van der Waals surface area contributed by atoms with Gasteiger partial charge in [0.25, 0.3) is 0 Å². The molecule has 3 rings (SSSR count). The predicted molar refractivity (Wildman–Crippen MR) is 121 cm³/mol. The first kappa shape index (κ1) is 24.7. The highest BCUT2D eigenvalue weighted by Gasteiger charge is 2.02. The second-order valence-corrected chi connectivity index (χ2v) is 5.67. The van der Waals surface area contributed by atoms with E-state index in [0.717, 1.165) is 24.4 Å². The number of furan rings is 1.